The van der Waals surface area contributed by atoms with E-state index < -0.39 is 6.04 Å². The number of hydrogen-bond acceptors (Lipinski definition) is 3. The Labute approximate surface area is 97.3 Å². The van der Waals surface area contributed by atoms with Gasteiger partial charge in [0.1, 0.15) is 0 Å². The normalized spacial score (nSPS) is 29.7. The van der Waals surface area contributed by atoms with Gasteiger partial charge in [0.15, 0.2) is 0 Å². The number of amides is 1. The number of hydrogen-bond donors (Lipinski definition) is 2. The molecular weight excluding hydrogens is 202 g/mol. The summed E-state index contributed by atoms with van der Waals surface area (Å²) in [6, 6.07) is 0.162. The molecule has 1 aliphatic heterocycles. The molecule has 0 aromatic heterocycles. The summed E-state index contributed by atoms with van der Waals surface area (Å²) in [5, 5.41) is 0. The summed E-state index contributed by atoms with van der Waals surface area (Å²) in [7, 11) is 0. The highest BCUT2D eigenvalue weighted by molar-refractivity contribution is 5.79. The Morgan fingerprint density at radius 3 is 2.56 bits per heavy atom. The van der Waals surface area contributed by atoms with Gasteiger partial charge in [0.2, 0.25) is 5.91 Å². The molecule has 1 saturated carbocycles. The lowest BCUT2D eigenvalue weighted by atomic mass is 9.96. The van der Waals surface area contributed by atoms with E-state index in [9.17, 15) is 4.79 Å². The molecule has 0 aromatic carbocycles. The van der Waals surface area contributed by atoms with Gasteiger partial charge in [-0.2, -0.15) is 0 Å². The quantitative estimate of drug-likeness (QED) is 0.730. The van der Waals surface area contributed by atoms with Gasteiger partial charge < -0.3 is 11.5 Å². The SMILES string of the molecule is NC(=O)C(N)CN1CCCC1C1CCCC1. The maximum atomic E-state index is 11.0. The summed E-state index contributed by atoms with van der Waals surface area (Å²) in [4.78, 5) is 13.4. The number of primary amides is 1. The van der Waals surface area contributed by atoms with Gasteiger partial charge in [0, 0.05) is 12.6 Å². The minimum Gasteiger partial charge on any atom is -0.368 e. The van der Waals surface area contributed by atoms with Crippen LogP contribution in [-0.2, 0) is 4.79 Å². The zero-order valence-corrected chi connectivity index (χ0v) is 9.90. The molecule has 2 aliphatic rings. The molecule has 4 nitrogen and oxygen atoms in total. The van der Waals surface area contributed by atoms with E-state index in [1.165, 1.54) is 38.5 Å². The van der Waals surface area contributed by atoms with Crippen molar-refractivity contribution in [2.45, 2.75) is 50.6 Å². The second-order valence-corrected chi connectivity index (χ2v) is 5.26. The van der Waals surface area contributed by atoms with Crippen LogP contribution in [-0.4, -0.2) is 36.0 Å². The second kappa shape index (κ2) is 5.15. The molecule has 0 spiro atoms. The third-order valence-electron chi connectivity index (χ3n) is 4.15. The third-order valence-corrected chi connectivity index (χ3v) is 4.15. The number of rotatable bonds is 4. The number of carbonyl (C=O) groups excluding carboxylic acids is 1. The molecule has 1 saturated heterocycles. The smallest absolute Gasteiger partial charge is 0.235 e. The number of likely N-dealkylation sites (tertiary alicyclic amines) is 1. The van der Waals surface area contributed by atoms with Gasteiger partial charge in [-0.1, -0.05) is 12.8 Å². The fourth-order valence-electron chi connectivity index (χ4n) is 3.30. The summed E-state index contributed by atoms with van der Waals surface area (Å²) in [5.41, 5.74) is 11.0. The molecule has 1 amide bonds. The zero-order chi connectivity index (χ0) is 11.5. The minimum atomic E-state index is -0.498. The molecule has 4 heteroatoms. The molecule has 4 N–H and O–H groups in total. The summed E-state index contributed by atoms with van der Waals surface area (Å²) >= 11 is 0. The molecule has 0 radical (unpaired) electrons. The standard InChI is InChI=1S/C12H23N3O/c13-10(12(14)16)8-15-7-3-6-11(15)9-4-1-2-5-9/h9-11H,1-8,13H2,(H2,14,16). The second-order valence-electron chi connectivity index (χ2n) is 5.26. The first kappa shape index (κ1) is 11.9. The molecule has 92 valence electrons. The Kier molecular flexibility index (Phi) is 3.82. The van der Waals surface area contributed by atoms with Gasteiger partial charge in [-0.05, 0) is 38.1 Å². The molecule has 0 aromatic rings. The molecule has 2 rings (SSSR count). The number of carbonyl (C=O) groups is 1. The lowest BCUT2D eigenvalue weighted by molar-refractivity contribution is -0.119. The van der Waals surface area contributed by atoms with Crippen molar-refractivity contribution in [3.63, 3.8) is 0 Å². The molecule has 2 atom stereocenters. The van der Waals surface area contributed by atoms with Crippen LogP contribution < -0.4 is 11.5 Å². The van der Waals surface area contributed by atoms with Gasteiger partial charge in [0.05, 0.1) is 6.04 Å². The Balaban J connectivity index is 1.89. The average Bonchev–Trinajstić information content (AvgIpc) is 2.85. The van der Waals surface area contributed by atoms with Crippen LogP contribution in [0.2, 0.25) is 0 Å². The van der Waals surface area contributed by atoms with Gasteiger partial charge in [-0.15, -0.1) is 0 Å². The Morgan fingerprint density at radius 2 is 1.94 bits per heavy atom. The van der Waals surface area contributed by atoms with E-state index in [1.807, 2.05) is 0 Å². The molecule has 16 heavy (non-hydrogen) atoms. The molecular formula is C12H23N3O. The van der Waals surface area contributed by atoms with Crippen LogP contribution in [0.15, 0.2) is 0 Å². The molecule has 0 bridgehead atoms. The van der Waals surface area contributed by atoms with Crippen LogP contribution in [0.1, 0.15) is 38.5 Å². The van der Waals surface area contributed by atoms with Crippen molar-refractivity contribution in [1.29, 1.82) is 0 Å². The van der Waals surface area contributed by atoms with Crippen LogP contribution >= 0.6 is 0 Å². The van der Waals surface area contributed by atoms with E-state index in [0.29, 0.717) is 12.6 Å². The van der Waals surface area contributed by atoms with Gasteiger partial charge in [-0.25, -0.2) is 0 Å². The summed E-state index contributed by atoms with van der Waals surface area (Å²) < 4.78 is 0. The highest BCUT2D eigenvalue weighted by Crippen LogP contribution is 2.35. The van der Waals surface area contributed by atoms with Crippen LogP contribution in [0, 0.1) is 5.92 Å². The van der Waals surface area contributed by atoms with E-state index >= 15 is 0 Å². The Bertz CT molecular complexity index is 251. The Morgan fingerprint density at radius 1 is 1.25 bits per heavy atom. The monoisotopic (exact) mass is 225 g/mol. The summed E-state index contributed by atoms with van der Waals surface area (Å²) in [6.45, 7) is 1.73. The van der Waals surface area contributed by atoms with E-state index in [-0.39, 0.29) is 5.91 Å². The first-order valence-corrected chi connectivity index (χ1v) is 6.47. The molecule has 1 heterocycles. The van der Waals surface area contributed by atoms with Crippen LogP contribution in [0.3, 0.4) is 0 Å². The first-order valence-electron chi connectivity index (χ1n) is 6.47. The largest absolute Gasteiger partial charge is 0.368 e. The number of nitrogens with zero attached hydrogens (tertiary/aromatic N) is 1. The van der Waals surface area contributed by atoms with Gasteiger partial charge in [-0.3, -0.25) is 9.69 Å². The fraction of sp³-hybridized carbons (Fsp3) is 0.917. The van der Waals surface area contributed by atoms with E-state index in [0.717, 1.165) is 12.5 Å². The van der Waals surface area contributed by atoms with Crippen molar-refractivity contribution in [3.05, 3.63) is 0 Å². The highest BCUT2D eigenvalue weighted by Gasteiger charge is 2.34. The van der Waals surface area contributed by atoms with E-state index in [1.54, 1.807) is 0 Å². The van der Waals surface area contributed by atoms with E-state index in [2.05, 4.69) is 4.90 Å². The summed E-state index contributed by atoms with van der Waals surface area (Å²) in [5.74, 6) is 0.458. The third kappa shape index (κ3) is 2.55. The van der Waals surface area contributed by atoms with Crippen molar-refractivity contribution in [2.24, 2.45) is 17.4 Å². The lowest BCUT2D eigenvalue weighted by Crippen LogP contribution is -2.48. The lowest BCUT2D eigenvalue weighted by Gasteiger charge is -2.30. The topological polar surface area (TPSA) is 72.3 Å². The van der Waals surface area contributed by atoms with Crippen molar-refractivity contribution < 1.29 is 4.79 Å². The summed E-state index contributed by atoms with van der Waals surface area (Å²) in [6.07, 6.45) is 7.97. The predicted octanol–water partition coefficient (Wildman–Crippen LogP) is 0.454. The fourth-order valence-corrected chi connectivity index (χ4v) is 3.30. The Hall–Kier alpha value is -0.610. The molecule has 1 aliphatic carbocycles. The van der Waals surface area contributed by atoms with E-state index in [4.69, 9.17) is 11.5 Å². The van der Waals surface area contributed by atoms with Crippen LogP contribution in [0.4, 0.5) is 0 Å². The van der Waals surface area contributed by atoms with Crippen molar-refractivity contribution in [2.75, 3.05) is 13.1 Å². The van der Waals surface area contributed by atoms with Crippen molar-refractivity contribution in [3.8, 4) is 0 Å². The van der Waals surface area contributed by atoms with Crippen LogP contribution in [0.25, 0.3) is 0 Å². The molecule has 2 fully saturated rings. The maximum absolute atomic E-state index is 11.0. The predicted molar refractivity (Wildman–Crippen MR) is 63.7 cm³/mol. The maximum Gasteiger partial charge on any atom is 0.235 e. The average molecular weight is 225 g/mol. The van der Waals surface area contributed by atoms with Crippen molar-refractivity contribution >= 4 is 5.91 Å². The highest BCUT2D eigenvalue weighted by atomic mass is 16.1. The van der Waals surface area contributed by atoms with Gasteiger partial charge in [0.25, 0.3) is 0 Å². The zero-order valence-electron chi connectivity index (χ0n) is 9.90. The first-order chi connectivity index (χ1) is 7.68. The number of nitrogens with two attached hydrogens (primary N) is 2. The van der Waals surface area contributed by atoms with Crippen LogP contribution in [0.5, 0.6) is 0 Å². The minimum absolute atomic E-state index is 0.378. The van der Waals surface area contributed by atoms with Gasteiger partial charge >= 0.3 is 0 Å². The van der Waals surface area contributed by atoms with Crippen molar-refractivity contribution in [1.82, 2.24) is 4.90 Å². The molecule has 2 unspecified atom stereocenters.